The maximum absolute atomic E-state index is 9.90. The number of pyridine rings is 1. The molecule has 21 heavy (non-hydrogen) atoms. The van der Waals surface area contributed by atoms with Crippen LogP contribution in [0.25, 0.3) is 0 Å². The SMILES string of the molecule is COc1nccc(N(C)C)c1NCc1cc(Br)ccc1O. The summed E-state index contributed by atoms with van der Waals surface area (Å²) in [6, 6.07) is 7.25. The Labute approximate surface area is 132 Å². The van der Waals surface area contributed by atoms with Gasteiger partial charge in [-0.3, -0.25) is 0 Å². The summed E-state index contributed by atoms with van der Waals surface area (Å²) in [6.07, 6.45) is 1.70. The van der Waals surface area contributed by atoms with Gasteiger partial charge in [-0.1, -0.05) is 15.9 Å². The fourth-order valence-corrected chi connectivity index (χ4v) is 2.41. The molecule has 0 radical (unpaired) electrons. The minimum atomic E-state index is 0.250. The number of aromatic hydroxyl groups is 1. The lowest BCUT2D eigenvalue weighted by Gasteiger charge is -2.20. The van der Waals surface area contributed by atoms with Crippen molar-refractivity contribution in [2.24, 2.45) is 0 Å². The zero-order chi connectivity index (χ0) is 15.4. The van der Waals surface area contributed by atoms with Gasteiger partial charge in [-0.2, -0.15) is 0 Å². The number of ether oxygens (including phenoxy) is 1. The van der Waals surface area contributed by atoms with Crippen LogP contribution in [0, 0.1) is 0 Å². The van der Waals surface area contributed by atoms with E-state index in [0.717, 1.165) is 21.4 Å². The van der Waals surface area contributed by atoms with E-state index in [1.165, 1.54) is 0 Å². The number of hydrogen-bond donors (Lipinski definition) is 2. The Morgan fingerprint density at radius 3 is 2.76 bits per heavy atom. The molecule has 6 heteroatoms. The number of methoxy groups -OCH3 is 1. The van der Waals surface area contributed by atoms with Crippen molar-refractivity contribution in [2.45, 2.75) is 6.54 Å². The van der Waals surface area contributed by atoms with E-state index in [9.17, 15) is 5.11 Å². The Hall–Kier alpha value is -1.95. The number of nitrogens with one attached hydrogen (secondary N) is 1. The molecule has 5 nitrogen and oxygen atoms in total. The number of halogens is 1. The topological polar surface area (TPSA) is 57.6 Å². The molecular weight excluding hydrogens is 334 g/mol. The lowest BCUT2D eigenvalue weighted by molar-refractivity contribution is 0.399. The molecule has 0 amide bonds. The Kier molecular flexibility index (Phi) is 4.90. The number of aromatic nitrogens is 1. The highest BCUT2D eigenvalue weighted by Gasteiger charge is 2.12. The molecule has 0 spiro atoms. The second-order valence-electron chi connectivity index (χ2n) is 4.74. The van der Waals surface area contributed by atoms with Gasteiger partial charge in [-0.05, 0) is 24.3 Å². The third-order valence-electron chi connectivity index (χ3n) is 3.07. The summed E-state index contributed by atoms with van der Waals surface area (Å²) >= 11 is 3.40. The molecule has 1 heterocycles. The molecule has 112 valence electrons. The van der Waals surface area contributed by atoms with E-state index in [1.807, 2.05) is 31.1 Å². The lowest BCUT2D eigenvalue weighted by atomic mass is 10.2. The molecule has 0 aliphatic carbocycles. The average Bonchev–Trinajstić information content (AvgIpc) is 2.47. The second-order valence-corrected chi connectivity index (χ2v) is 5.65. The van der Waals surface area contributed by atoms with Crippen LogP contribution in [0.5, 0.6) is 11.6 Å². The van der Waals surface area contributed by atoms with Gasteiger partial charge in [0.05, 0.1) is 12.8 Å². The van der Waals surface area contributed by atoms with Crippen molar-refractivity contribution in [3.8, 4) is 11.6 Å². The Bertz CT molecular complexity index is 632. The Morgan fingerprint density at radius 1 is 1.33 bits per heavy atom. The number of anilines is 2. The van der Waals surface area contributed by atoms with Crippen LogP contribution in [0.3, 0.4) is 0 Å². The molecular formula is C15H18BrN3O2. The number of nitrogens with zero attached hydrogens (tertiary/aromatic N) is 2. The van der Waals surface area contributed by atoms with Crippen LogP contribution >= 0.6 is 15.9 Å². The smallest absolute Gasteiger partial charge is 0.239 e. The van der Waals surface area contributed by atoms with Crippen LogP contribution in [0.2, 0.25) is 0 Å². The van der Waals surface area contributed by atoms with E-state index in [2.05, 4.69) is 26.2 Å². The molecule has 0 saturated carbocycles. The van der Waals surface area contributed by atoms with Crippen LogP contribution in [0.15, 0.2) is 34.9 Å². The van der Waals surface area contributed by atoms with Crippen LogP contribution in [0.1, 0.15) is 5.56 Å². The molecule has 0 aliphatic rings. The van der Waals surface area contributed by atoms with Crippen LogP contribution < -0.4 is 15.0 Å². The first-order chi connectivity index (χ1) is 10.0. The van der Waals surface area contributed by atoms with Gasteiger partial charge in [0.1, 0.15) is 11.4 Å². The second kappa shape index (κ2) is 6.67. The Balaban J connectivity index is 2.29. The van der Waals surface area contributed by atoms with E-state index < -0.39 is 0 Å². The fraction of sp³-hybridized carbons (Fsp3) is 0.267. The van der Waals surface area contributed by atoms with Gasteiger partial charge in [-0.15, -0.1) is 0 Å². The van der Waals surface area contributed by atoms with E-state index in [0.29, 0.717) is 12.4 Å². The molecule has 2 aromatic rings. The number of phenols is 1. The first-order valence-electron chi connectivity index (χ1n) is 6.44. The summed E-state index contributed by atoms with van der Waals surface area (Å²) in [5, 5.41) is 13.2. The minimum Gasteiger partial charge on any atom is -0.508 e. The standard InChI is InChI=1S/C15H18BrN3O2/c1-19(2)12-6-7-17-15(21-3)14(12)18-9-10-8-11(16)4-5-13(10)20/h4-8,18,20H,9H2,1-3H3. The zero-order valence-corrected chi connectivity index (χ0v) is 13.8. The largest absolute Gasteiger partial charge is 0.508 e. The van der Waals surface area contributed by atoms with Gasteiger partial charge in [0, 0.05) is 36.9 Å². The van der Waals surface area contributed by atoms with E-state index in [-0.39, 0.29) is 5.75 Å². The highest BCUT2D eigenvalue weighted by Crippen LogP contribution is 2.33. The predicted molar refractivity (Wildman–Crippen MR) is 88.2 cm³/mol. The van der Waals surface area contributed by atoms with Crippen molar-refractivity contribution in [2.75, 3.05) is 31.4 Å². The highest BCUT2D eigenvalue weighted by molar-refractivity contribution is 9.10. The van der Waals surface area contributed by atoms with Crippen molar-refractivity contribution < 1.29 is 9.84 Å². The summed E-state index contributed by atoms with van der Waals surface area (Å²) in [7, 11) is 5.50. The van der Waals surface area contributed by atoms with Crippen LogP contribution in [-0.4, -0.2) is 31.3 Å². The predicted octanol–water partition coefficient (Wildman–Crippen LogP) is 3.24. The maximum Gasteiger partial charge on any atom is 0.239 e. The molecule has 0 bridgehead atoms. The lowest BCUT2D eigenvalue weighted by Crippen LogP contribution is -2.13. The Morgan fingerprint density at radius 2 is 2.10 bits per heavy atom. The van der Waals surface area contributed by atoms with E-state index in [4.69, 9.17) is 4.74 Å². The summed E-state index contributed by atoms with van der Waals surface area (Å²) in [5.41, 5.74) is 2.56. The summed E-state index contributed by atoms with van der Waals surface area (Å²) in [4.78, 5) is 6.19. The third kappa shape index (κ3) is 3.58. The van der Waals surface area contributed by atoms with Crippen molar-refractivity contribution in [1.82, 2.24) is 4.98 Å². The number of hydrogen-bond acceptors (Lipinski definition) is 5. The van der Waals surface area contributed by atoms with Crippen molar-refractivity contribution in [3.63, 3.8) is 0 Å². The molecule has 0 fully saturated rings. The molecule has 1 aromatic heterocycles. The zero-order valence-electron chi connectivity index (χ0n) is 12.2. The quantitative estimate of drug-likeness (QED) is 0.865. The molecule has 2 rings (SSSR count). The van der Waals surface area contributed by atoms with Crippen molar-refractivity contribution in [3.05, 3.63) is 40.5 Å². The third-order valence-corrected chi connectivity index (χ3v) is 3.56. The van der Waals surface area contributed by atoms with Gasteiger partial charge in [0.25, 0.3) is 0 Å². The number of benzene rings is 1. The summed E-state index contributed by atoms with van der Waals surface area (Å²) in [6.45, 7) is 0.466. The molecule has 0 atom stereocenters. The summed E-state index contributed by atoms with van der Waals surface area (Å²) in [5.74, 6) is 0.774. The maximum atomic E-state index is 9.90. The summed E-state index contributed by atoms with van der Waals surface area (Å²) < 4.78 is 6.23. The van der Waals surface area contributed by atoms with Gasteiger partial charge in [0.2, 0.25) is 5.88 Å². The molecule has 2 N–H and O–H groups in total. The molecule has 0 unspecified atom stereocenters. The number of rotatable bonds is 5. The minimum absolute atomic E-state index is 0.250. The molecule has 0 aliphatic heterocycles. The van der Waals surface area contributed by atoms with Crippen molar-refractivity contribution in [1.29, 1.82) is 0 Å². The normalized spacial score (nSPS) is 10.3. The van der Waals surface area contributed by atoms with Gasteiger partial charge in [-0.25, -0.2) is 4.98 Å². The van der Waals surface area contributed by atoms with Crippen LogP contribution in [0.4, 0.5) is 11.4 Å². The van der Waals surface area contributed by atoms with Crippen molar-refractivity contribution >= 4 is 27.3 Å². The van der Waals surface area contributed by atoms with Crippen LogP contribution in [-0.2, 0) is 6.54 Å². The van der Waals surface area contributed by atoms with Gasteiger partial charge >= 0.3 is 0 Å². The fourth-order valence-electron chi connectivity index (χ4n) is 2.01. The van der Waals surface area contributed by atoms with Gasteiger partial charge in [0.15, 0.2) is 0 Å². The van der Waals surface area contributed by atoms with E-state index >= 15 is 0 Å². The first-order valence-corrected chi connectivity index (χ1v) is 7.23. The molecule has 1 aromatic carbocycles. The molecule has 0 saturated heterocycles. The van der Waals surface area contributed by atoms with E-state index in [1.54, 1.807) is 25.4 Å². The monoisotopic (exact) mass is 351 g/mol. The average molecular weight is 352 g/mol. The first kappa shape index (κ1) is 15.4. The highest BCUT2D eigenvalue weighted by atomic mass is 79.9. The number of phenolic OH excluding ortho intramolecular Hbond substituents is 1. The van der Waals surface area contributed by atoms with Gasteiger partial charge < -0.3 is 20.1 Å².